The molecular formula is C23H29N3O5. The Morgan fingerprint density at radius 3 is 2.74 bits per heavy atom. The van der Waals surface area contributed by atoms with Crippen molar-refractivity contribution in [1.29, 1.82) is 0 Å². The number of carbonyl (C=O) groups is 4. The highest BCUT2D eigenvalue weighted by Gasteiger charge is 2.42. The van der Waals surface area contributed by atoms with E-state index in [0.29, 0.717) is 29.8 Å². The molecule has 2 aliphatic heterocycles. The quantitative estimate of drug-likeness (QED) is 0.743. The van der Waals surface area contributed by atoms with Crippen molar-refractivity contribution in [2.24, 2.45) is 17.8 Å². The number of carbonyl (C=O) groups excluding carboxylic acids is 4. The van der Waals surface area contributed by atoms with E-state index in [9.17, 15) is 19.2 Å². The first kappa shape index (κ1) is 21.3. The molecule has 0 bridgehead atoms. The van der Waals surface area contributed by atoms with Crippen LogP contribution in [0.5, 0.6) is 0 Å². The van der Waals surface area contributed by atoms with Gasteiger partial charge in [0, 0.05) is 19.0 Å². The van der Waals surface area contributed by atoms with E-state index < -0.39 is 24.4 Å². The largest absolute Gasteiger partial charge is 0.455 e. The van der Waals surface area contributed by atoms with Gasteiger partial charge in [0.05, 0.1) is 17.3 Å². The van der Waals surface area contributed by atoms with Gasteiger partial charge in [-0.15, -0.1) is 0 Å². The number of benzene rings is 1. The van der Waals surface area contributed by atoms with Crippen molar-refractivity contribution in [3.05, 3.63) is 24.3 Å². The third kappa shape index (κ3) is 4.29. The van der Waals surface area contributed by atoms with Crippen LogP contribution in [-0.4, -0.2) is 54.3 Å². The number of nitrogens with one attached hydrogen (secondary N) is 1. The molecule has 4 atom stereocenters. The Kier molecular flexibility index (Phi) is 5.98. The summed E-state index contributed by atoms with van der Waals surface area (Å²) in [5.74, 6) is -0.907. The summed E-state index contributed by atoms with van der Waals surface area (Å²) in [5.41, 5.74) is 1.12. The molecule has 0 unspecified atom stereocenters. The van der Waals surface area contributed by atoms with E-state index in [1.165, 1.54) is 11.3 Å². The van der Waals surface area contributed by atoms with Gasteiger partial charge in [0.2, 0.25) is 11.8 Å². The molecule has 4 rings (SSSR count). The number of anilines is 2. The van der Waals surface area contributed by atoms with E-state index >= 15 is 0 Å². The number of amides is 3. The van der Waals surface area contributed by atoms with Crippen molar-refractivity contribution in [1.82, 2.24) is 4.90 Å². The predicted octanol–water partition coefficient (Wildman–Crippen LogP) is 2.19. The maximum Gasteiger partial charge on any atom is 0.311 e. The lowest BCUT2D eigenvalue weighted by atomic mass is 9.77. The average molecular weight is 428 g/mol. The number of hydrogen-bond donors (Lipinski definition) is 1. The van der Waals surface area contributed by atoms with E-state index in [1.54, 1.807) is 24.3 Å². The molecule has 0 spiro atoms. The molecular weight excluding hydrogens is 398 g/mol. The molecule has 31 heavy (non-hydrogen) atoms. The van der Waals surface area contributed by atoms with E-state index in [-0.39, 0.29) is 30.8 Å². The van der Waals surface area contributed by atoms with Gasteiger partial charge in [0.25, 0.3) is 5.91 Å². The first-order valence-electron chi connectivity index (χ1n) is 11.0. The van der Waals surface area contributed by atoms with E-state index in [0.717, 1.165) is 12.8 Å². The summed E-state index contributed by atoms with van der Waals surface area (Å²) in [7, 11) is 0. The molecule has 3 amide bonds. The second kappa shape index (κ2) is 8.69. The van der Waals surface area contributed by atoms with Gasteiger partial charge in [-0.1, -0.05) is 38.8 Å². The first-order chi connectivity index (χ1) is 14.8. The minimum absolute atomic E-state index is 0.0131. The maximum absolute atomic E-state index is 12.7. The Labute approximate surface area is 181 Å². The molecule has 0 radical (unpaired) electrons. The van der Waals surface area contributed by atoms with Gasteiger partial charge < -0.3 is 15.0 Å². The van der Waals surface area contributed by atoms with E-state index in [4.69, 9.17) is 4.74 Å². The molecule has 8 nitrogen and oxygen atoms in total. The molecule has 1 N–H and O–H groups in total. The van der Waals surface area contributed by atoms with Gasteiger partial charge in [-0.05, 0) is 30.4 Å². The Morgan fingerprint density at radius 2 is 1.94 bits per heavy atom. The van der Waals surface area contributed by atoms with Gasteiger partial charge in [-0.3, -0.25) is 24.1 Å². The highest BCUT2D eigenvalue weighted by Crippen LogP contribution is 2.36. The summed E-state index contributed by atoms with van der Waals surface area (Å²) in [5, 5.41) is 2.72. The highest BCUT2D eigenvalue weighted by atomic mass is 16.5. The molecule has 1 aliphatic carbocycles. The van der Waals surface area contributed by atoms with Crippen molar-refractivity contribution in [3.8, 4) is 0 Å². The smallest absolute Gasteiger partial charge is 0.311 e. The first-order valence-corrected chi connectivity index (χ1v) is 11.0. The van der Waals surface area contributed by atoms with Crippen molar-refractivity contribution in [2.45, 2.75) is 45.6 Å². The van der Waals surface area contributed by atoms with Crippen LogP contribution in [0.25, 0.3) is 0 Å². The Bertz CT molecular complexity index is 901. The topological polar surface area (TPSA) is 96.0 Å². The number of rotatable bonds is 4. The normalized spacial score (nSPS) is 28.2. The summed E-state index contributed by atoms with van der Waals surface area (Å²) in [6.45, 7) is 4.16. The SMILES string of the molecule is C[C@@H]1[C@H](C)CCC[C@H]1N1C[C@H](C(=O)OCC(=O)N2CC(=O)Nc3ccccc32)CC1=O. The molecule has 1 saturated heterocycles. The van der Waals surface area contributed by atoms with Crippen molar-refractivity contribution < 1.29 is 23.9 Å². The number of esters is 1. The minimum atomic E-state index is -0.554. The van der Waals surface area contributed by atoms with Crippen LogP contribution in [0, 0.1) is 17.8 Å². The molecule has 3 aliphatic rings. The van der Waals surface area contributed by atoms with E-state index in [1.807, 2.05) is 4.90 Å². The lowest BCUT2D eigenvalue weighted by Gasteiger charge is -2.39. The molecule has 1 saturated carbocycles. The zero-order chi connectivity index (χ0) is 22.1. The van der Waals surface area contributed by atoms with Gasteiger partial charge in [0.15, 0.2) is 6.61 Å². The van der Waals surface area contributed by atoms with Crippen LogP contribution in [0.15, 0.2) is 24.3 Å². The number of likely N-dealkylation sites (tertiary alicyclic amines) is 1. The van der Waals surface area contributed by atoms with Crippen LogP contribution < -0.4 is 10.2 Å². The van der Waals surface area contributed by atoms with Gasteiger partial charge in [0.1, 0.15) is 6.54 Å². The zero-order valence-corrected chi connectivity index (χ0v) is 18.0. The predicted molar refractivity (Wildman–Crippen MR) is 114 cm³/mol. The van der Waals surface area contributed by atoms with Crippen LogP contribution in [0.4, 0.5) is 11.4 Å². The van der Waals surface area contributed by atoms with Crippen LogP contribution >= 0.6 is 0 Å². The fraction of sp³-hybridized carbons (Fsp3) is 0.565. The fourth-order valence-electron chi connectivity index (χ4n) is 4.99. The zero-order valence-electron chi connectivity index (χ0n) is 18.0. The highest BCUT2D eigenvalue weighted by molar-refractivity contribution is 6.10. The second-order valence-corrected chi connectivity index (χ2v) is 8.93. The van der Waals surface area contributed by atoms with Crippen LogP contribution in [0.1, 0.15) is 39.5 Å². The standard InChI is InChI=1S/C23H29N3O5/c1-14-6-5-9-18(15(14)2)25-11-16(10-21(25)28)23(30)31-13-22(29)26-12-20(27)24-17-7-3-4-8-19(17)26/h3-4,7-8,14-16,18H,5-6,9-13H2,1-2H3,(H,24,27)/t14-,15-,16-,18-/m1/s1. The Hall–Kier alpha value is -2.90. The maximum atomic E-state index is 12.7. The third-order valence-electron chi connectivity index (χ3n) is 6.97. The average Bonchev–Trinajstić information content (AvgIpc) is 3.14. The van der Waals surface area contributed by atoms with Crippen molar-refractivity contribution >= 4 is 35.1 Å². The Morgan fingerprint density at radius 1 is 1.16 bits per heavy atom. The van der Waals surface area contributed by atoms with Crippen LogP contribution in [0.2, 0.25) is 0 Å². The monoisotopic (exact) mass is 427 g/mol. The van der Waals surface area contributed by atoms with Crippen molar-refractivity contribution in [3.63, 3.8) is 0 Å². The fourth-order valence-corrected chi connectivity index (χ4v) is 4.99. The molecule has 1 aromatic carbocycles. The van der Waals surface area contributed by atoms with Crippen molar-refractivity contribution in [2.75, 3.05) is 29.9 Å². The van der Waals surface area contributed by atoms with Crippen LogP contribution in [0.3, 0.4) is 0 Å². The number of fused-ring (bicyclic) bond motifs is 1. The number of ether oxygens (including phenoxy) is 1. The van der Waals surface area contributed by atoms with Gasteiger partial charge >= 0.3 is 5.97 Å². The Balaban J connectivity index is 1.35. The number of hydrogen-bond acceptors (Lipinski definition) is 5. The molecule has 0 aromatic heterocycles. The second-order valence-electron chi connectivity index (χ2n) is 8.93. The summed E-state index contributed by atoms with van der Waals surface area (Å²) < 4.78 is 5.28. The molecule has 1 aromatic rings. The molecule has 2 heterocycles. The molecule has 2 fully saturated rings. The molecule has 8 heteroatoms. The molecule has 166 valence electrons. The summed E-state index contributed by atoms with van der Waals surface area (Å²) >= 11 is 0. The van der Waals surface area contributed by atoms with Gasteiger partial charge in [-0.25, -0.2) is 0 Å². The van der Waals surface area contributed by atoms with Crippen LogP contribution in [-0.2, 0) is 23.9 Å². The number of nitrogens with zero attached hydrogens (tertiary/aromatic N) is 2. The number of para-hydroxylation sites is 2. The van der Waals surface area contributed by atoms with E-state index in [2.05, 4.69) is 19.2 Å². The summed E-state index contributed by atoms with van der Waals surface area (Å²) in [4.78, 5) is 53.0. The minimum Gasteiger partial charge on any atom is -0.455 e. The lowest BCUT2D eigenvalue weighted by Crippen LogP contribution is -2.45. The summed E-state index contributed by atoms with van der Waals surface area (Å²) in [6.07, 6.45) is 3.35. The third-order valence-corrected chi connectivity index (χ3v) is 6.97. The van der Waals surface area contributed by atoms with Gasteiger partial charge in [-0.2, -0.15) is 0 Å². The lowest BCUT2D eigenvalue weighted by molar-refractivity contribution is -0.151. The summed E-state index contributed by atoms with van der Waals surface area (Å²) in [6, 6.07) is 7.15.